The number of nitrogens with one attached hydrogen (secondary N) is 1. The van der Waals surface area contributed by atoms with Gasteiger partial charge in [0.15, 0.2) is 0 Å². The van der Waals surface area contributed by atoms with Gasteiger partial charge in [-0.15, -0.1) is 5.10 Å². The van der Waals surface area contributed by atoms with Gasteiger partial charge in [0.25, 0.3) is 0 Å². The Hall–Kier alpha value is -3.39. The Labute approximate surface area is 213 Å². The first-order chi connectivity index (χ1) is 17.3. The lowest BCUT2D eigenvalue weighted by molar-refractivity contribution is 0.303. The molecule has 4 aromatic carbocycles. The van der Waals surface area contributed by atoms with Crippen molar-refractivity contribution >= 4 is 34.1 Å². The molecule has 6 nitrogen and oxygen atoms in total. The number of fused-ring (bicyclic) bond motifs is 1. The highest BCUT2D eigenvalue weighted by Crippen LogP contribution is 2.29. The van der Waals surface area contributed by atoms with Crippen molar-refractivity contribution in [2.45, 2.75) is 18.3 Å². The van der Waals surface area contributed by atoms with Gasteiger partial charge in [-0.25, -0.2) is 0 Å². The van der Waals surface area contributed by atoms with E-state index in [1.807, 2.05) is 60.7 Å². The number of para-hydroxylation sites is 1. The molecule has 0 amide bonds. The van der Waals surface area contributed by atoms with Crippen LogP contribution in [-0.2, 0) is 13.2 Å². The molecule has 1 heterocycles. The standard InChI is InChI=1S/C27H24ClN5OS/c28-22-9-6-7-20(17-22)19-34-26-14-13-21-8-4-5-12-24(21)25(26)18-29-15-16-35-27-30-31-32-33(27)23-10-2-1-3-11-23/h1-14,17,29H,15-16,18-19H2. The van der Waals surface area contributed by atoms with Crippen LogP contribution in [0.3, 0.4) is 0 Å². The lowest BCUT2D eigenvalue weighted by Gasteiger charge is -2.15. The van der Waals surface area contributed by atoms with Crippen LogP contribution in [-0.4, -0.2) is 32.5 Å². The zero-order valence-electron chi connectivity index (χ0n) is 19.0. The van der Waals surface area contributed by atoms with Crippen LogP contribution < -0.4 is 10.1 Å². The fourth-order valence-corrected chi connectivity index (χ4v) is 4.85. The third-order valence-corrected chi connectivity index (χ3v) is 6.69. The molecule has 35 heavy (non-hydrogen) atoms. The molecule has 1 aromatic heterocycles. The molecule has 0 saturated carbocycles. The normalized spacial score (nSPS) is 11.1. The van der Waals surface area contributed by atoms with Crippen molar-refractivity contribution in [1.82, 2.24) is 25.5 Å². The van der Waals surface area contributed by atoms with Gasteiger partial charge in [0.05, 0.1) is 5.69 Å². The first-order valence-corrected chi connectivity index (χ1v) is 12.7. The van der Waals surface area contributed by atoms with Crippen molar-refractivity contribution < 1.29 is 4.74 Å². The van der Waals surface area contributed by atoms with Crippen LogP contribution in [0.4, 0.5) is 0 Å². The van der Waals surface area contributed by atoms with Crippen molar-refractivity contribution in [2.24, 2.45) is 0 Å². The summed E-state index contributed by atoms with van der Waals surface area (Å²) in [6, 6.07) is 30.2. The zero-order valence-corrected chi connectivity index (χ0v) is 20.5. The number of benzene rings is 4. The zero-order chi connectivity index (χ0) is 23.9. The summed E-state index contributed by atoms with van der Waals surface area (Å²) in [5, 5.41) is 19.5. The SMILES string of the molecule is Clc1cccc(COc2ccc3ccccc3c2CNCCSc2nnnn2-c2ccccc2)c1. The molecule has 5 rings (SSSR count). The van der Waals surface area contributed by atoms with Crippen molar-refractivity contribution in [3.8, 4) is 11.4 Å². The Morgan fingerprint density at radius 1 is 0.914 bits per heavy atom. The maximum atomic E-state index is 6.23. The van der Waals surface area contributed by atoms with Crippen LogP contribution >= 0.6 is 23.4 Å². The van der Waals surface area contributed by atoms with E-state index in [2.05, 4.69) is 51.2 Å². The first-order valence-electron chi connectivity index (χ1n) is 11.3. The molecule has 0 unspecified atom stereocenters. The molecule has 0 saturated heterocycles. The summed E-state index contributed by atoms with van der Waals surface area (Å²) in [4.78, 5) is 0. The van der Waals surface area contributed by atoms with Gasteiger partial charge in [-0.05, 0) is 57.1 Å². The second-order valence-corrected chi connectivity index (χ2v) is 9.41. The molecule has 8 heteroatoms. The molecule has 0 radical (unpaired) electrons. The van der Waals surface area contributed by atoms with E-state index in [-0.39, 0.29) is 0 Å². The maximum Gasteiger partial charge on any atom is 0.214 e. The molecule has 0 aliphatic rings. The van der Waals surface area contributed by atoms with E-state index in [0.29, 0.717) is 18.2 Å². The predicted molar refractivity (Wildman–Crippen MR) is 141 cm³/mol. The summed E-state index contributed by atoms with van der Waals surface area (Å²) in [7, 11) is 0. The number of tetrazole rings is 1. The highest BCUT2D eigenvalue weighted by Gasteiger charge is 2.11. The van der Waals surface area contributed by atoms with Crippen LogP contribution in [0.1, 0.15) is 11.1 Å². The number of ether oxygens (including phenoxy) is 1. The van der Waals surface area contributed by atoms with Gasteiger partial charge in [0.1, 0.15) is 12.4 Å². The monoisotopic (exact) mass is 501 g/mol. The Balaban J connectivity index is 1.23. The average Bonchev–Trinajstić information content (AvgIpc) is 3.37. The van der Waals surface area contributed by atoms with Crippen LogP contribution in [0, 0.1) is 0 Å². The average molecular weight is 502 g/mol. The number of hydrogen-bond acceptors (Lipinski definition) is 6. The topological polar surface area (TPSA) is 64.9 Å². The predicted octanol–water partition coefficient (Wildman–Crippen LogP) is 5.93. The van der Waals surface area contributed by atoms with Crippen LogP contribution in [0.2, 0.25) is 5.02 Å². The van der Waals surface area contributed by atoms with Gasteiger partial charge in [-0.1, -0.05) is 84.0 Å². The van der Waals surface area contributed by atoms with E-state index in [4.69, 9.17) is 16.3 Å². The Morgan fingerprint density at radius 3 is 2.66 bits per heavy atom. The van der Waals surface area contributed by atoms with Crippen molar-refractivity contribution in [3.63, 3.8) is 0 Å². The summed E-state index contributed by atoms with van der Waals surface area (Å²) in [6.07, 6.45) is 0. The van der Waals surface area contributed by atoms with Gasteiger partial charge in [0, 0.05) is 29.4 Å². The van der Waals surface area contributed by atoms with E-state index in [1.54, 1.807) is 16.4 Å². The van der Waals surface area contributed by atoms with Crippen LogP contribution in [0.25, 0.3) is 16.5 Å². The lowest BCUT2D eigenvalue weighted by atomic mass is 10.0. The lowest BCUT2D eigenvalue weighted by Crippen LogP contribution is -2.18. The second-order valence-electron chi connectivity index (χ2n) is 7.92. The van der Waals surface area contributed by atoms with Crippen molar-refractivity contribution in [2.75, 3.05) is 12.3 Å². The van der Waals surface area contributed by atoms with Gasteiger partial charge in [0.2, 0.25) is 5.16 Å². The Kier molecular flexibility index (Phi) is 7.58. The molecule has 0 aliphatic heterocycles. The minimum atomic E-state index is 0.462. The number of nitrogens with zero attached hydrogens (tertiary/aromatic N) is 4. The number of rotatable bonds is 10. The third kappa shape index (κ3) is 5.82. The fourth-order valence-electron chi connectivity index (χ4n) is 3.85. The van der Waals surface area contributed by atoms with E-state index >= 15 is 0 Å². The Bertz CT molecular complexity index is 1410. The molecule has 0 fully saturated rings. The molecule has 176 valence electrons. The molecule has 0 aliphatic carbocycles. The van der Waals surface area contributed by atoms with Gasteiger partial charge in [-0.3, -0.25) is 0 Å². The molecule has 1 N–H and O–H groups in total. The van der Waals surface area contributed by atoms with Crippen molar-refractivity contribution in [3.05, 3.63) is 107 Å². The van der Waals surface area contributed by atoms with Gasteiger partial charge in [-0.2, -0.15) is 4.68 Å². The molecule has 0 spiro atoms. The van der Waals surface area contributed by atoms with E-state index in [0.717, 1.165) is 40.0 Å². The van der Waals surface area contributed by atoms with Crippen LogP contribution in [0.15, 0.2) is 96.2 Å². The number of thioether (sulfide) groups is 1. The van der Waals surface area contributed by atoms with E-state index in [1.165, 1.54) is 10.8 Å². The van der Waals surface area contributed by atoms with Gasteiger partial charge < -0.3 is 10.1 Å². The summed E-state index contributed by atoms with van der Waals surface area (Å²) in [6.45, 7) is 1.95. The molecule has 0 atom stereocenters. The van der Waals surface area contributed by atoms with E-state index in [9.17, 15) is 0 Å². The second kappa shape index (κ2) is 11.4. The minimum Gasteiger partial charge on any atom is -0.489 e. The van der Waals surface area contributed by atoms with Gasteiger partial charge >= 0.3 is 0 Å². The number of hydrogen-bond donors (Lipinski definition) is 1. The minimum absolute atomic E-state index is 0.462. The summed E-state index contributed by atoms with van der Waals surface area (Å²) in [5.41, 5.74) is 3.13. The number of halogens is 1. The van der Waals surface area contributed by atoms with Crippen LogP contribution in [0.5, 0.6) is 5.75 Å². The summed E-state index contributed by atoms with van der Waals surface area (Å²) >= 11 is 7.76. The first kappa shape index (κ1) is 23.4. The Morgan fingerprint density at radius 2 is 1.77 bits per heavy atom. The van der Waals surface area contributed by atoms with E-state index < -0.39 is 0 Å². The smallest absolute Gasteiger partial charge is 0.214 e. The quantitative estimate of drug-likeness (QED) is 0.189. The molecule has 5 aromatic rings. The summed E-state index contributed by atoms with van der Waals surface area (Å²) < 4.78 is 7.99. The highest BCUT2D eigenvalue weighted by molar-refractivity contribution is 7.99. The highest BCUT2D eigenvalue weighted by atomic mass is 35.5. The van der Waals surface area contributed by atoms with Crippen molar-refractivity contribution in [1.29, 1.82) is 0 Å². The largest absolute Gasteiger partial charge is 0.489 e. The third-order valence-electron chi connectivity index (χ3n) is 5.53. The maximum absolute atomic E-state index is 6.23. The molecular formula is C27H24ClN5OS. The summed E-state index contributed by atoms with van der Waals surface area (Å²) in [5.74, 6) is 1.70. The number of aromatic nitrogens is 4. The molecular weight excluding hydrogens is 478 g/mol. The molecule has 0 bridgehead atoms. The fraction of sp³-hybridized carbons (Fsp3) is 0.148.